The Morgan fingerprint density at radius 2 is 1.73 bits per heavy atom. The number of nitrogens with one attached hydrogen (secondary N) is 1. The summed E-state index contributed by atoms with van der Waals surface area (Å²) in [6.45, 7) is 1.90. The normalized spacial score (nSPS) is 36.3. The van der Waals surface area contributed by atoms with Crippen molar-refractivity contribution in [3.8, 4) is 0 Å². The molecule has 7 heteroatoms. The molecule has 0 saturated heterocycles. The summed E-state index contributed by atoms with van der Waals surface area (Å²) in [5.74, 6) is -1.50. The van der Waals surface area contributed by atoms with E-state index in [0.717, 1.165) is 25.7 Å². The van der Waals surface area contributed by atoms with Gasteiger partial charge in [-0.05, 0) is 45.4 Å². The maximum atomic E-state index is 12.6. The van der Waals surface area contributed by atoms with Crippen LogP contribution in [0.1, 0.15) is 58.3 Å². The van der Waals surface area contributed by atoms with E-state index in [1.807, 2.05) is 6.92 Å². The molecule has 2 aliphatic carbocycles. The van der Waals surface area contributed by atoms with Crippen LogP contribution in [0.25, 0.3) is 0 Å². The molecule has 1 amide bonds. The zero-order valence-electron chi connectivity index (χ0n) is 12.9. The number of hydrogen-bond donors (Lipinski definition) is 2. The number of amides is 1. The second kappa shape index (κ2) is 7.39. The lowest BCUT2D eigenvalue weighted by molar-refractivity contribution is -0.182. The summed E-state index contributed by atoms with van der Waals surface area (Å²) < 4.78 is 37.9. The molecule has 130 valence electrons. The first-order valence-corrected chi connectivity index (χ1v) is 7.86. The molecule has 2 unspecified atom stereocenters. The van der Waals surface area contributed by atoms with E-state index in [2.05, 4.69) is 5.32 Å². The zero-order valence-corrected chi connectivity index (χ0v) is 13.7. The van der Waals surface area contributed by atoms with Crippen LogP contribution in [-0.2, 0) is 4.79 Å². The van der Waals surface area contributed by atoms with Crippen LogP contribution in [0.2, 0.25) is 0 Å². The Balaban J connectivity index is 0.00000242. The molecule has 3 nitrogen and oxygen atoms in total. The van der Waals surface area contributed by atoms with Crippen LogP contribution >= 0.6 is 12.4 Å². The van der Waals surface area contributed by atoms with Crippen LogP contribution in [0.3, 0.4) is 0 Å². The number of hydrogen-bond acceptors (Lipinski definition) is 2. The van der Waals surface area contributed by atoms with Gasteiger partial charge in [0, 0.05) is 11.6 Å². The topological polar surface area (TPSA) is 55.1 Å². The molecule has 22 heavy (non-hydrogen) atoms. The Morgan fingerprint density at radius 1 is 1.14 bits per heavy atom. The Labute approximate surface area is 136 Å². The van der Waals surface area contributed by atoms with Crippen molar-refractivity contribution < 1.29 is 18.0 Å². The number of nitrogens with two attached hydrogens (primary N) is 1. The van der Waals surface area contributed by atoms with Gasteiger partial charge in [-0.15, -0.1) is 12.4 Å². The Hall–Kier alpha value is -0.490. The van der Waals surface area contributed by atoms with Crippen molar-refractivity contribution in [2.24, 2.45) is 17.6 Å². The number of rotatable bonds is 2. The smallest absolute Gasteiger partial charge is 0.353 e. The van der Waals surface area contributed by atoms with E-state index in [1.165, 1.54) is 0 Å². The molecule has 0 aromatic rings. The quantitative estimate of drug-likeness (QED) is 0.806. The fourth-order valence-corrected chi connectivity index (χ4v) is 3.66. The maximum absolute atomic E-state index is 12.6. The predicted molar refractivity (Wildman–Crippen MR) is 81.7 cm³/mol. The molecule has 0 radical (unpaired) electrons. The summed E-state index contributed by atoms with van der Waals surface area (Å²) in [4.78, 5) is 12.3. The van der Waals surface area contributed by atoms with Gasteiger partial charge >= 0.3 is 6.18 Å². The molecule has 2 saturated carbocycles. The molecule has 2 aliphatic rings. The van der Waals surface area contributed by atoms with Crippen molar-refractivity contribution >= 4 is 18.3 Å². The standard InChI is InChI=1S/C15H25F3N2O.ClH/c1-14(19)9-3-2-4-12(14)13(21)20-11-7-5-10(6-8-11)15(16,17)18;/h10-12H,2-9,19H2,1H3,(H,20,21);1H. The van der Waals surface area contributed by atoms with Crippen molar-refractivity contribution in [2.45, 2.75) is 76.0 Å². The number of alkyl halides is 3. The van der Waals surface area contributed by atoms with Crippen molar-refractivity contribution in [2.75, 3.05) is 0 Å². The first kappa shape index (κ1) is 19.6. The molecule has 2 rings (SSSR count). The van der Waals surface area contributed by atoms with Crippen LogP contribution in [0.5, 0.6) is 0 Å². The van der Waals surface area contributed by atoms with Gasteiger partial charge in [0.15, 0.2) is 0 Å². The largest absolute Gasteiger partial charge is 0.391 e. The SMILES string of the molecule is CC1(N)CCCCC1C(=O)NC1CCC(C(F)(F)F)CC1.Cl. The third-order valence-corrected chi connectivity index (χ3v) is 5.11. The molecule has 2 fully saturated rings. The second-order valence-electron chi connectivity index (χ2n) is 6.90. The molecule has 0 aliphatic heterocycles. The van der Waals surface area contributed by atoms with E-state index in [1.54, 1.807) is 0 Å². The van der Waals surface area contributed by atoms with Gasteiger partial charge in [0.05, 0.1) is 11.8 Å². The van der Waals surface area contributed by atoms with Gasteiger partial charge in [0.1, 0.15) is 0 Å². The second-order valence-corrected chi connectivity index (χ2v) is 6.90. The van der Waals surface area contributed by atoms with Crippen LogP contribution in [0.4, 0.5) is 13.2 Å². The lowest BCUT2D eigenvalue weighted by Crippen LogP contribution is -2.54. The molecular weight excluding hydrogens is 317 g/mol. The molecule has 0 bridgehead atoms. The Bertz CT molecular complexity index is 379. The molecule has 0 spiro atoms. The summed E-state index contributed by atoms with van der Waals surface area (Å²) in [6.07, 6.45) is 0.557. The average molecular weight is 343 g/mol. The highest BCUT2D eigenvalue weighted by Gasteiger charge is 2.43. The lowest BCUT2D eigenvalue weighted by atomic mass is 9.74. The Kier molecular flexibility index (Phi) is 6.57. The van der Waals surface area contributed by atoms with Crippen molar-refractivity contribution in [3.63, 3.8) is 0 Å². The van der Waals surface area contributed by atoms with Crippen LogP contribution < -0.4 is 11.1 Å². The highest BCUT2D eigenvalue weighted by molar-refractivity contribution is 5.85. The van der Waals surface area contributed by atoms with Crippen LogP contribution in [-0.4, -0.2) is 23.7 Å². The van der Waals surface area contributed by atoms with E-state index in [0.29, 0.717) is 12.8 Å². The van der Waals surface area contributed by atoms with Crippen molar-refractivity contribution in [3.05, 3.63) is 0 Å². The van der Waals surface area contributed by atoms with E-state index in [4.69, 9.17) is 5.73 Å². The molecule has 2 atom stereocenters. The highest BCUT2D eigenvalue weighted by Crippen LogP contribution is 2.38. The van der Waals surface area contributed by atoms with E-state index in [-0.39, 0.29) is 43.1 Å². The van der Waals surface area contributed by atoms with Gasteiger partial charge in [0.2, 0.25) is 5.91 Å². The van der Waals surface area contributed by atoms with Gasteiger partial charge < -0.3 is 11.1 Å². The van der Waals surface area contributed by atoms with Gasteiger partial charge in [-0.1, -0.05) is 12.8 Å². The predicted octanol–water partition coefficient (Wildman–Crippen LogP) is 3.55. The zero-order chi connectivity index (χ0) is 15.7. The van der Waals surface area contributed by atoms with Gasteiger partial charge in [-0.2, -0.15) is 13.2 Å². The molecule has 0 heterocycles. The average Bonchev–Trinajstić information content (AvgIpc) is 2.37. The third-order valence-electron chi connectivity index (χ3n) is 5.11. The van der Waals surface area contributed by atoms with Crippen molar-refractivity contribution in [1.82, 2.24) is 5.32 Å². The van der Waals surface area contributed by atoms with E-state index in [9.17, 15) is 18.0 Å². The first-order valence-electron chi connectivity index (χ1n) is 7.86. The minimum atomic E-state index is -4.10. The fraction of sp³-hybridized carbons (Fsp3) is 0.933. The van der Waals surface area contributed by atoms with Crippen LogP contribution in [0.15, 0.2) is 0 Å². The summed E-state index contributed by atoms with van der Waals surface area (Å²) in [5.41, 5.74) is 5.70. The highest BCUT2D eigenvalue weighted by atomic mass is 35.5. The summed E-state index contributed by atoms with van der Waals surface area (Å²) >= 11 is 0. The third kappa shape index (κ3) is 4.75. The molecule has 0 aromatic heterocycles. The van der Waals surface area contributed by atoms with Gasteiger partial charge in [-0.3, -0.25) is 4.79 Å². The molecule has 0 aromatic carbocycles. The fourth-order valence-electron chi connectivity index (χ4n) is 3.66. The van der Waals surface area contributed by atoms with Crippen LogP contribution in [0, 0.1) is 11.8 Å². The lowest BCUT2D eigenvalue weighted by Gasteiger charge is -2.38. The maximum Gasteiger partial charge on any atom is 0.391 e. The number of carbonyl (C=O) groups is 1. The minimum absolute atomic E-state index is 0. The minimum Gasteiger partial charge on any atom is -0.353 e. The summed E-state index contributed by atoms with van der Waals surface area (Å²) in [5, 5.41) is 2.93. The Morgan fingerprint density at radius 3 is 2.23 bits per heavy atom. The van der Waals surface area contributed by atoms with Crippen molar-refractivity contribution in [1.29, 1.82) is 0 Å². The van der Waals surface area contributed by atoms with E-state index >= 15 is 0 Å². The molecular formula is C15H26ClF3N2O. The summed E-state index contributed by atoms with van der Waals surface area (Å²) in [7, 11) is 0. The van der Waals surface area contributed by atoms with E-state index < -0.39 is 17.6 Å². The first-order chi connectivity index (χ1) is 9.70. The van der Waals surface area contributed by atoms with Gasteiger partial charge in [-0.25, -0.2) is 0 Å². The van der Waals surface area contributed by atoms with Gasteiger partial charge in [0.25, 0.3) is 0 Å². The molecule has 3 N–H and O–H groups in total. The number of halogens is 4. The number of carbonyl (C=O) groups excluding carboxylic acids is 1. The summed E-state index contributed by atoms with van der Waals surface area (Å²) in [6, 6.07) is -0.131. The monoisotopic (exact) mass is 342 g/mol.